The highest BCUT2D eigenvalue weighted by Crippen LogP contribution is 2.23. The Balaban J connectivity index is 1.85. The van der Waals surface area contributed by atoms with Crippen LogP contribution in [0.4, 0.5) is 10.1 Å². The zero-order chi connectivity index (χ0) is 19.3. The lowest BCUT2D eigenvalue weighted by atomic mass is 10.2. The number of halogens is 3. The molecule has 8 heteroatoms. The Morgan fingerprint density at radius 1 is 1.15 bits per heavy atom. The molecule has 0 spiro atoms. The third kappa shape index (κ3) is 5.61. The first kappa shape index (κ1) is 20.0. The fraction of sp³-hybridized carbons (Fsp3) is 0.222. The molecule has 0 saturated heterocycles. The average Bonchev–Trinajstić information content (AvgIpc) is 2.58. The summed E-state index contributed by atoms with van der Waals surface area (Å²) in [5, 5.41) is 3.09. The molecule has 0 bridgehead atoms. The van der Waals surface area contributed by atoms with Gasteiger partial charge in [-0.3, -0.25) is 4.79 Å². The number of nitrogens with one attached hydrogen (secondary N) is 1. The van der Waals surface area contributed by atoms with Gasteiger partial charge in [0.25, 0.3) is 5.91 Å². The summed E-state index contributed by atoms with van der Waals surface area (Å²) < 4.78 is 23.3. The maximum absolute atomic E-state index is 13.0. The molecule has 0 aliphatic heterocycles. The quantitative estimate of drug-likeness (QED) is 0.731. The molecule has 0 radical (unpaired) electrons. The Kier molecular flexibility index (Phi) is 6.83. The summed E-state index contributed by atoms with van der Waals surface area (Å²) in [6.45, 7) is 2.84. The summed E-state index contributed by atoms with van der Waals surface area (Å²) in [6, 6.07) is 8.49. The van der Waals surface area contributed by atoms with Crippen LogP contribution in [-0.4, -0.2) is 24.6 Å². The number of carbonyl (C=O) groups is 2. The summed E-state index contributed by atoms with van der Waals surface area (Å²) in [4.78, 5) is 23.9. The molecule has 1 atom stereocenters. The largest absolute Gasteiger partial charge is 0.482 e. The number of benzene rings is 2. The SMILES string of the molecule is Cc1cc(OCC(=O)OC(C)C(=O)Nc2ccc(F)cc2Cl)ccc1Cl. The number of hydrogen-bond donors (Lipinski definition) is 1. The van der Waals surface area contributed by atoms with Gasteiger partial charge in [-0.1, -0.05) is 23.2 Å². The van der Waals surface area contributed by atoms with Gasteiger partial charge in [0.15, 0.2) is 12.7 Å². The summed E-state index contributed by atoms with van der Waals surface area (Å²) in [6.07, 6.45) is -1.08. The number of hydrogen-bond acceptors (Lipinski definition) is 4. The first-order valence-electron chi connectivity index (χ1n) is 7.60. The molecule has 2 aromatic rings. The topological polar surface area (TPSA) is 64.6 Å². The molecule has 0 saturated carbocycles. The van der Waals surface area contributed by atoms with Crippen molar-refractivity contribution in [1.29, 1.82) is 0 Å². The Bertz CT molecular complexity index is 829. The number of carbonyl (C=O) groups excluding carboxylic acids is 2. The van der Waals surface area contributed by atoms with Crippen LogP contribution in [0.25, 0.3) is 0 Å². The van der Waals surface area contributed by atoms with Gasteiger partial charge >= 0.3 is 5.97 Å². The van der Waals surface area contributed by atoms with E-state index in [9.17, 15) is 14.0 Å². The molecular formula is C18H16Cl2FNO4. The standard InChI is InChI=1S/C18H16Cl2FNO4/c1-10-7-13(4-5-14(10)19)25-9-17(23)26-11(2)18(24)22-16-6-3-12(21)8-15(16)20/h3-8,11H,9H2,1-2H3,(H,22,24). The highest BCUT2D eigenvalue weighted by molar-refractivity contribution is 6.33. The second kappa shape index (κ2) is 8.87. The van der Waals surface area contributed by atoms with Gasteiger partial charge in [0.1, 0.15) is 11.6 Å². The van der Waals surface area contributed by atoms with Crippen molar-refractivity contribution in [3.05, 3.63) is 57.8 Å². The van der Waals surface area contributed by atoms with E-state index in [2.05, 4.69) is 5.32 Å². The molecule has 0 fully saturated rings. The number of ether oxygens (including phenoxy) is 2. The van der Waals surface area contributed by atoms with Crippen molar-refractivity contribution in [2.75, 3.05) is 11.9 Å². The number of rotatable bonds is 6. The Morgan fingerprint density at radius 2 is 1.88 bits per heavy atom. The lowest BCUT2D eigenvalue weighted by molar-refractivity contribution is -0.155. The van der Waals surface area contributed by atoms with Crippen molar-refractivity contribution >= 4 is 40.8 Å². The fourth-order valence-electron chi connectivity index (χ4n) is 1.96. The monoisotopic (exact) mass is 399 g/mol. The van der Waals surface area contributed by atoms with Crippen LogP contribution in [0.1, 0.15) is 12.5 Å². The molecule has 5 nitrogen and oxygen atoms in total. The van der Waals surface area contributed by atoms with Crippen LogP contribution in [0.3, 0.4) is 0 Å². The lowest BCUT2D eigenvalue weighted by Gasteiger charge is -2.14. The van der Waals surface area contributed by atoms with E-state index in [0.717, 1.165) is 17.7 Å². The van der Waals surface area contributed by atoms with Crippen molar-refractivity contribution in [2.45, 2.75) is 20.0 Å². The number of esters is 1. The maximum atomic E-state index is 13.0. The minimum absolute atomic E-state index is 0.0401. The molecule has 26 heavy (non-hydrogen) atoms. The van der Waals surface area contributed by atoms with Gasteiger partial charge in [0.05, 0.1) is 10.7 Å². The van der Waals surface area contributed by atoms with Crippen molar-refractivity contribution < 1.29 is 23.5 Å². The van der Waals surface area contributed by atoms with Gasteiger partial charge < -0.3 is 14.8 Å². The fourth-order valence-corrected chi connectivity index (χ4v) is 2.29. The molecule has 1 N–H and O–H groups in total. The normalized spacial score (nSPS) is 11.6. The molecule has 2 aromatic carbocycles. The van der Waals surface area contributed by atoms with Crippen LogP contribution in [0.15, 0.2) is 36.4 Å². The van der Waals surface area contributed by atoms with Crippen LogP contribution in [0, 0.1) is 12.7 Å². The Labute approximate surface area is 160 Å². The van der Waals surface area contributed by atoms with Crippen molar-refractivity contribution in [3.63, 3.8) is 0 Å². The molecule has 0 aliphatic rings. The number of aryl methyl sites for hydroxylation is 1. The highest BCUT2D eigenvalue weighted by Gasteiger charge is 2.19. The van der Waals surface area contributed by atoms with E-state index in [-0.39, 0.29) is 17.3 Å². The molecule has 2 rings (SSSR count). The van der Waals surface area contributed by atoms with Crippen LogP contribution < -0.4 is 10.1 Å². The molecule has 0 aromatic heterocycles. The zero-order valence-electron chi connectivity index (χ0n) is 14.0. The number of amides is 1. The molecule has 1 unspecified atom stereocenters. The maximum Gasteiger partial charge on any atom is 0.344 e. The summed E-state index contributed by atoms with van der Waals surface area (Å²) in [5.74, 6) is -1.39. The predicted molar refractivity (Wildman–Crippen MR) is 97.3 cm³/mol. The smallest absolute Gasteiger partial charge is 0.344 e. The zero-order valence-corrected chi connectivity index (χ0v) is 15.5. The third-order valence-electron chi connectivity index (χ3n) is 3.35. The van der Waals surface area contributed by atoms with Crippen LogP contribution in [-0.2, 0) is 14.3 Å². The molecular weight excluding hydrogens is 384 g/mol. The van der Waals surface area contributed by atoms with Gasteiger partial charge in [-0.05, 0) is 55.8 Å². The summed E-state index contributed by atoms with van der Waals surface area (Å²) in [5.41, 5.74) is 1.02. The molecule has 0 heterocycles. The van der Waals surface area contributed by atoms with Crippen LogP contribution in [0.2, 0.25) is 10.0 Å². The van der Waals surface area contributed by atoms with Gasteiger partial charge in [0.2, 0.25) is 0 Å². The predicted octanol–water partition coefficient (Wildman–Crippen LogP) is 4.39. The Hall–Kier alpha value is -2.31. The van der Waals surface area contributed by atoms with E-state index >= 15 is 0 Å². The van der Waals surface area contributed by atoms with Crippen molar-refractivity contribution in [2.24, 2.45) is 0 Å². The summed E-state index contributed by atoms with van der Waals surface area (Å²) >= 11 is 11.7. The van der Waals surface area contributed by atoms with Gasteiger partial charge in [-0.15, -0.1) is 0 Å². The van der Waals surface area contributed by atoms with E-state index in [1.807, 2.05) is 0 Å². The van der Waals surface area contributed by atoms with Gasteiger partial charge in [-0.25, -0.2) is 9.18 Å². The van der Waals surface area contributed by atoms with Crippen LogP contribution in [0.5, 0.6) is 5.75 Å². The summed E-state index contributed by atoms with van der Waals surface area (Å²) in [7, 11) is 0. The van der Waals surface area contributed by atoms with Crippen LogP contribution >= 0.6 is 23.2 Å². The second-order valence-electron chi connectivity index (χ2n) is 5.45. The van der Waals surface area contributed by atoms with E-state index in [4.69, 9.17) is 32.7 Å². The van der Waals surface area contributed by atoms with E-state index in [1.165, 1.54) is 13.0 Å². The first-order valence-corrected chi connectivity index (χ1v) is 8.36. The van der Waals surface area contributed by atoms with Gasteiger partial charge in [-0.2, -0.15) is 0 Å². The minimum Gasteiger partial charge on any atom is -0.482 e. The van der Waals surface area contributed by atoms with E-state index in [1.54, 1.807) is 25.1 Å². The number of anilines is 1. The third-order valence-corrected chi connectivity index (χ3v) is 4.09. The average molecular weight is 400 g/mol. The van der Waals surface area contributed by atoms with E-state index in [0.29, 0.717) is 10.8 Å². The lowest BCUT2D eigenvalue weighted by Crippen LogP contribution is -2.31. The molecule has 1 amide bonds. The second-order valence-corrected chi connectivity index (χ2v) is 6.26. The minimum atomic E-state index is -1.08. The van der Waals surface area contributed by atoms with Gasteiger partial charge in [0, 0.05) is 5.02 Å². The molecule has 0 aliphatic carbocycles. The van der Waals surface area contributed by atoms with Crippen molar-refractivity contribution in [1.82, 2.24) is 0 Å². The van der Waals surface area contributed by atoms with Crippen molar-refractivity contribution in [3.8, 4) is 5.75 Å². The molecule has 138 valence electrons. The van der Waals surface area contributed by atoms with E-state index < -0.39 is 23.8 Å². The highest BCUT2D eigenvalue weighted by atomic mass is 35.5. The first-order chi connectivity index (χ1) is 12.3. The Morgan fingerprint density at radius 3 is 2.54 bits per heavy atom.